The van der Waals surface area contributed by atoms with Gasteiger partial charge in [0.25, 0.3) is 0 Å². The van der Waals surface area contributed by atoms with Crippen LogP contribution in [0.3, 0.4) is 0 Å². The van der Waals surface area contributed by atoms with Gasteiger partial charge < -0.3 is 4.90 Å². The maximum Gasteiger partial charge on any atom is 0.0506 e. The third kappa shape index (κ3) is 3.29. The number of aryl methyl sites for hydroxylation is 1. The monoisotopic (exact) mass is 581 g/mol. The molecule has 1 heteroatoms. The maximum atomic E-state index is 2.56. The number of hydrogen-bond acceptors (Lipinski definition) is 1. The van der Waals surface area contributed by atoms with Gasteiger partial charge in [0.1, 0.15) is 0 Å². The Morgan fingerprint density at radius 2 is 0.956 bits per heavy atom. The van der Waals surface area contributed by atoms with Crippen LogP contribution in [0.2, 0.25) is 0 Å². The molecule has 2 aliphatic carbocycles. The molecule has 6 aromatic carbocycles. The average molecular weight is 582 g/mol. The van der Waals surface area contributed by atoms with Crippen molar-refractivity contribution in [2.75, 3.05) is 4.90 Å². The summed E-state index contributed by atoms with van der Waals surface area (Å²) >= 11 is 0. The van der Waals surface area contributed by atoms with Crippen LogP contribution in [-0.4, -0.2) is 0 Å². The van der Waals surface area contributed by atoms with Crippen molar-refractivity contribution in [3.05, 3.63) is 148 Å². The Morgan fingerprint density at radius 3 is 1.71 bits per heavy atom. The molecule has 1 heterocycles. The van der Waals surface area contributed by atoms with E-state index in [0.29, 0.717) is 0 Å². The largest absolute Gasteiger partial charge is 0.310 e. The van der Waals surface area contributed by atoms with E-state index in [1.54, 1.807) is 0 Å². The smallest absolute Gasteiger partial charge is 0.0506 e. The van der Waals surface area contributed by atoms with Crippen LogP contribution in [-0.2, 0) is 16.2 Å². The minimum atomic E-state index is -0.137. The number of anilines is 3. The third-order valence-electron chi connectivity index (χ3n) is 11.5. The highest BCUT2D eigenvalue weighted by Crippen LogP contribution is 2.60. The molecule has 0 spiro atoms. The zero-order valence-corrected chi connectivity index (χ0v) is 27.3. The van der Waals surface area contributed by atoms with Crippen LogP contribution in [0.15, 0.2) is 109 Å². The molecule has 6 aromatic rings. The summed E-state index contributed by atoms with van der Waals surface area (Å²) in [6.07, 6.45) is 0. The summed E-state index contributed by atoms with van der Waals surface area (Å²) in [5.74, 6) is 0. The molecule has 9 rings (SSSR count). The van der Waals surface area contributed by atoms with Gasteiger partial charge in [0.2, 0.25) is 0 Å². The number of hydrogen-bond donors (Lipinski definition) is 0. The molecule has 0 bridgehead atoms. The number of rotatable bonds is 1. The summed E-state index contributed by atoms with van der Waals surface area (Å²) in [5, 5.41) is 2.74. The van der Waals surface area contributed by atoms with Gasteiger partial charge in [-0.2, -0.15) is 0 Å². The molecule has 1 aliphatic heterocycles. The van der Waals surface area contributed by atoms with E-state index in [9.17, 15) is 0 Å². The normalized spacial score (nSPS) is 17.3. The van der Waals surface area contributed by atoms with E-state index in [4.69, 9.17) is 0 Å². The average Bonchev–Trinajstić information content (AvgIpc) is 3.39. The van der Waals surface area contributed by atoms with Gasteiger partial charge in [-0.1, -0.05) is 108 Å². The first-order chi connectivity index (χ1) is 21.5. The zero-order valence-electron chi connectivity index (χ0n) is 27.3. The summed E-state index contributed by atoms with van der Waals surface area (Å²) in [6, 6.07) is 41.5. The van der Waals surface area contributed by atoms with Gasteiger partial charge in [0, 0.05) is 21.9 Å². The fourth-order valence-electron chi connectivity index (χ4n) is 9.03. The topological polar surface area (TPSA) is 3.24 Å². The van der Waals surface area contributed by atoms with Crippen molar-refractivity contribution in [1.29, 1.82) is 0 Å². The predicted molar refractivity (Wildman–Crippen MR) is 191 cm³/mol. The van der Waals surface area contributed by atoms with E-state index in [-0.39, 0.29) is 16.2 Å². The van der Waals surface area contributed by atoms with Crippen molar-refractivity contribution < 1.29 is 0 Å². The first-order valence-corrected chi connectivity index (χ1v) is 16.4. The van der Waals surface area contributed by atoms with Crippen LogP contribution >= 0.6 is 0 Å². The Bertz CT molecular complexity index is 2250. The van der Waals surface area contributed by atoms with Gasteiger partial charge in [-0.15, -0.1) is 0 Å². The first kappa shape index (κ1) is 26.8. The van der Waals surface area contributed by atoms with Crippen molar-refractivity contribution in [1.82, 2.24) is 0 Å². The highest BCUT2D eigenvalue weighted by Gasteiger charge is 2.45. The van der Waals surface area contributed by atoms with Crippen LogP contribution in [0.4, 0.5) is 17.1 Å². The summed E-state index contributed by atoms with van der Waals surface area (Å²) in [7, 11) is 0. The lowest BCUT2D eigenvalue weighted by Crippen LogP contribution is -2.31. The van der Waals surface area contributed by atoms with Crippen LogP contribution in [0.25, 0.3) is 33.0 Å². The van der Waals surface area contributed by atoms with Gasteiger partial charge >= 0.3 is 0 Å². The number of nitrogens with zero attached hydrogens (tertiary/aromatic N) is 1. The molecular formula is C44H39N. The predicted octanol–water partition coefficient (Wildman–Crippen LogP) is 11.9. The fourth-order valence-corrected chi connectivity index (χ4v) is 9.03. The van der Waals surface area contributed by atoms with Crippen LogP contribution in [0, 0.1) is 6.92 Å². The molecule has 1 nitrogen and oxygen atoms in total. The van der Waals surface area contributed by atoms with Gasteiger partial charge in [-0.05, 0) is 121 Å². The van der Waals surface area contributed by atoms with Crippen molar-refractivity contribution >= 4 is 27.8 Å². The summed E-state index contributed by atoms with van der Waals surface area (Å²) in [4.78, 5) is 2.49. The molecule has 0 unspecified atom stereocenters. The molecule has 3 aliphatic rings. The van der Waals surface area contributed by atoms with Crippen molar-refractivity contribution in [2.24, 2.45) is 0 Å². The minimum Gasteiger partial charge on any atom is -0.310 e. The molecular weight excluding hydrogens is 542 g/mol. The van der Waals surface area contributed by atoms with E-state index in [1.807, 2.05) is 0 Å². The molecule has 0 N–H and O–H groups in total. The Balaban J connectivity index is 1.32. The highest BCUT2D eigenvalue weighted by atomic mass is 15.2. The Kier molecular flexibility index (Phi) is 5.08. The molecule has 220 valence electrons. The molecule has 45 heavy (non-hydrogen) atoms. The summed E-state index contributed by atoms with van der Waals surface area (Å²) in [5.41, 5.74) is 18.9. The van der Waals surface area contributed by atoms with Crippen LogP contribution in [0.5, 0.6) is 0 Å². The molecule has 0 radical (unpaired) electrons. The standard InChI is InChI=1S/C44H39N/c1-26-21-38-41(29-18-12-11-17-28(26)29)32-24-34-30(22-35(32)44(38,6)7)31-23-37-40(25-36(31)43(34,4)5)45(27-15-9-8-10-16-27)39-20-14-13-19-33(39)42(37,2)3/h8-25H,1-7H3. The quantitative estimate of drug-likeness (QED) is 0.187. The molecule has 0 aromatic heterocycles. The summed E-state index contributed by atoms with van der Waals surface area (Å²) < 4.78 is 0. The minimum absolute atomic E-state index is 0.0715. The fraction of sp³-hybridized carbons (Fsp3) is 0.227. The molecule has 0 amide bonds. The second kappa shape index (κ2) is 8.55. The maximum absolute atomic E-state index is 2.56. The Labute approximate surface area is 267 Å². The van der Waals surface area contributed by atoms with E-state index >= 15 is 0 Å². The second-order valence-electron chi connectivity index (χ2n) is 15.1. The van der Waals surface area contributed by atoms with Crippen molar-refractivity contribution in [3.63, 3.8) is 0 Å². The number of fused-ring (bicyclic) bond motifs is 10. The van der Waals surface area contributed by atoms with E-state index in [0.717, 1.165) is 0 Å². The van der Waals surface area contributed by atoms with Gasteiger partial charge in [0.15, 0.2) is 0 Å². The lowest BCUT2D eigenvalue weighted by atomic mass is 9.72. The van der Waals surface area contributed by atoms with E-state index in [2.05, 4.69) is 163 Å². The van der Waals surface area contributed by atoms with Crippen molar-refractivity contribution in [2.45, 2.75) is 64.7 Å². The summed E-state index contributed by atoms with van der Waals surface area (Å²) in [6.45, 7) is 16.8. The van der Waals surface area contributed by atoms with Crippen molar-refractivity contribution in [3.8, 4) is 22.3 Å². The molecule has 0 atom stereocenters. The van der Waals surface area contributed by atoms with Gasteiger partial charge in [-0.3, -0.25) is 0 Å². The van der Waals surface area contributed by atoms with Crippen LogP contribution < -0.4 is 4.90 Å². The van der Waals surface area contributed by atoms with E-state index < -0.39 is 0 Å². The SMILES string of the molecule is Cc1cc2c(c3ccccc13)-c1cc3c(cc1C2(C)C)-c1cc2c(cc1C3(C)C)N(c1ccccc1)c1ccccc1C2(C)C. The highest BCUT2D eigenvalue weighted by molar-refractivity contribution is 6.05. The zero-order chi connectivity index (χ0) is 31.0. The van der Waals surface area contributed by atoms with E-state index in [1.165, 1.54) is 89.0 Å². The lowest BCUT2D eigenvalue weighted by molar-refractivity contribution is 0.627. The number of benzene rings is 6. The van der Waals surface area contributed by atoms with Gasteiger partial charge in [-0.25, -0.2) is 0 Å². The van der Waals surface area contributed by atoms with Crippen LogP contribution in [0.1, 0.15) is 80.5 Å². The first-order valence-electron chi connectivity index (χ1n) is 16.4. The molecule has 0 fully saturated rings. The number of para-hydroxylation sites is 2. The Hall–Kier alpha value is -4.62. The Morgan fingerprint density at radius 1 is 0.422 bits per heavy atom. The lowest BCUT2D eigenvalue weighted by Gasteiger charge is -2.42. The third-order valence-corrected chi connectivity index (χ3v) is 11.5. The molecule has 0 saturated heterocycles. The van der Waals surface area contributed by atoms with Gasteiger partial charge in [0.05, 0.1) is 11.4 Å². The molecule has 0 saturated carbocycles. The second-order valence-corrected chi connectivity index (χ2v) is 15.1.